The lowest BCUT2D eigenvalue weighted by atomic mass is 10.00. The van der Waals surface area contributed by atoms with Crippen LogP contribution in [0.5, 0.6) is 0 Å². The van der Waals surface area contributed by atoms with Crippen LogP contribution in [-0.2, 0) is 4.74 Å². The molecule has 0 radical (unpaired) electrons. The maximum atomic E-state index is 7.41. The molecule has 1 fully saturated rings. The van der Waals surface area contributed by atoms with Gasteiger partial charge in [0.2, 0.25) is 0 Å². The Bertz CT molecular complexity index is 153. The molecule has 0 aromatic rings. The highest BCUT2D eigenvalue weighted by Gasteiger charge is 2.15. The van der Waals surface area contributed by atoms with Crippen LogP contribution in [0.4, 0.5) is 0 Å². The Morgan fingerprint density at radius 1 is 1.50 bits per heavy atom. The van der Waals surface area contributed by atoms with Gasteiger partial charge >= 0.3 is 0 Å². The Balaban J connectivity index is 2.24. The maximum absolute atomic E-state index is 7.41. The number of nitrogens with one attached hydrogen (secondary N) is 1. The molecule has 1 aliphatic rings. The lowest BCUT2D eigenvalue weighted by Crippen LogP contribution is -2.32. The molecule has 3 nitrogen and oxygen atoms in total. The third kappa shape index (κ3) is 2.81. The third-order valence-corrected chi connectivity index (χ3v) is 2.45. The first-order valence-electron chi connectivity index (χ1n) is 4.54. The van der Waals surface area contributed by atoms with Crippen LogP contribution < -0.4 is 0 Å². The van der Waals surface area contributed by atoms with Crippen molar-refractivity contribution in [3.05, 3.63) is 0 Å². The molecule has 1 aliphatic heterocycles. The average Bonchev–Trinajstić information content (AvgIpc) is 2.06. The lowest BCUT2D eigenvalue weighted by Gasteiger charge is -2.27. The van der Waals surface area contributed by atoms with E-state index in [9.17, 15) is 0 Å². The summed E-state index contributed by atoms with van der Waals surface area (Å²) in [5, 5.41) is 7.41. The molecule has 0 unspecified atom stereocenters. The van der Waals surface area contributed by atoms with E-state index in [0.717, 1.165) is 38.5 Å². The van der Waals surface area contributed by atoms with Crippen molar-refractivity contribution in [1.82, 2.24) is 4.90 Å². The van der Waals surface area contributed by atoms with Crippen molar-refractivity contribution in [1.29, 1.82) is 5.41 Å². The Labute approximate surface area is 74.2 Å². The highest BCUT2D eigenvalue weighted by atomic mass is 16.5. The first-order valence-corrected chi connectivity index (χ1v) is 4.54. The second kappa shape index (κ2) is 4.45. The van der Waals surface area contributed by atoms with Crippen LogP contribution in [0.1, 0.15) is 19.8 Å². The van der Waals surface area contributed by atoms with Crippen LogP contribution in [0.15, 0.2) is 0 Å². The predicted octanol–water partition coefficient (Wildman–Crippen LogP) is 1.34. The van der Waals surface area contributed by atoms with Gasteiger partial charge in [0.05, 0.1) is 5.84 Å². The van der Waals surface area contributed by atoms with E-state index in [4.69, 9.17) is 10.1 Å². The summed E-state index contributed by atoms with van der Waals surface area (Å²) in [4.78, 5) is 2.01. The van der Waals surface area contributed by atoms with Crippen molar-refractivity contribution in [2.45, 2.75) is 19.8 Å². The van der Waals surface area contributed by atoms with E-state index < -0.39 is 0 Å². The molecular weight excluding hydrogens is 152 g/mol. The SMILES string of the molecule is CC(=N)N(C)CC1CCOCC1. The number of nitrogens with zero attached hydrogens (tertiary/aromatic N) is 1. The molecule has 0 spiro atoms. The number of ether oxygens (including phenoxy) is 1. The van der Waals surface area contributed by atoms with Crippen LogP contribution in [0.2, 0.25) is 0 Å². The molecule has 70 valence electrons. The van der Waals surface area contributed by atoms with Gasteiger partial charge in [-0.1, -0.05) is 0 Å². The monoisotopic (exact) mass is 170 g/mol. The molecule has 0 saturated carbocycles. The van der Waals surface area contributed by atoms with Crippen molar-refractivity contribution in [2.24, 2.45) is 5.92 Å². The van der Waals surface area contributed by atoms with E-state index in [1.807, 2.05) is 18.9 Å². The second-order valence-corrected chi connectivity index (χ2v) is 3.52. The molecule has 1 heterocycles. The molecule has 0 bridgehead atoms. The maximum Gasteiger partial charge on any atom is 0.0923 e. The summed E-state index contributed by atoms with van der Waals surface area (Å²) in [6.07, 6.45) is 2.30. The highest BCUT2D eigenvalue weighted by molar-refractivity contribution is 5.75. The van der Waals surface area contributed by atoms with Gasteiger partial charge in [-0.2, -0.15) is 0 Å². The minimum absolute atomic E-state index is 0.654. The fourth-order valence-corrected chi connectivity index (χ4v) is 1.45. The van der Waals surface area contributed by atoms with Crippen molar-refractivity contribution in [3.63, 3.8) is 0 Å². The Morgan fingerprint density at radius 2 is 2.08 bits per heavy atom. The topological polar surface area (TPSA) is 36.3 Å². The van der Waals surface area contributed by atoms with Crippen LogP contribution in [0, 0.1) is 11.3 Å². The van der Waals surface area contributed by atoms with Gasteiger partial charge in [0, 0.05) is 26.8 Å². The molecule has 1 rings (SSSR count). The van der Waals surface area contributed by atoms with Gasteiger partial charge < -0.3 is 9.64 Å². The molecule has 1 saturated heterocycles. The normalized spacial score (nSPS) is 19.2. The zero-order chi connectivity index (χ0) is 8.97. The first-order chi connectivity index (χ1) is 5.70. The molecule has 0 atom stereocenters. The molecule has 0 amide bonds. The van der Waals surface area contributed by atoms with Gasteiger partial charge in [-0.05, 0) is 25.7 Å². The first kappa shape index (κ1) is 9.52. The summed E-state index contributed by atoms with van der Waals surface area (Å²) < 4.78 is 5.27. The minimum atomic E-state index is 0.654. The standard InChI is InChI=1S/C9H18N2O/c1-8(10)11(2)7-9-3-5-12-6-4-9/h9-10H,3-7H2,1-2H3. The zero-order valence-electron chi connectivity index (χ0n) is 7.97. The summed E-state index contributed by atoms with van der Waals surface area (Å²) in [6.45, 7) is 4.64. The van der Waals surface area contributed by atoms with Crippen molar-refractivity contribution in [3.8, 4) is 0 Å². The third-order valence-electron chi connectivity index (χ3n) is 2.45. The number of amidine groups is 1. The summed E-state index contributed by atoms with van der Waals surface area (Å²) in [7, 11) is 1.98. The second-order valence-electron chi connectivity index (χ2n) is 3.52. The minimum Gasteiger partial charge on any atom is -0.381 e. The van der Waals surface area contributed by atoms with Crippen LogP contribution in [-0.4, -0.2) is 37.5 Å². The molecule has 1 N–H and O–H groups in total. The molecule has 0 aromatic heterocycles. The molecule has 0 aromatic carbocycles. The Kier molecular flexibility index (Phi) is 3.53. The Morgan fingerprint density at radius 3 is 2.58 bits per heavy atom. The molecule has 12 heavy (non-hydrogen) atoms. The van der Waals surface area contributed by atoms with Crippen molar-refractivity contribution >= 4 is 5.84 Å². The van der Waals surface area contributed by atoms with Gasteiger partial charge in [-0.15, -0.1) is 0 Å². The van der Waals surface area contributed by atoms with Gasteiger partial charge in [0.25, 0.3) is 0 Å². The average molecular weight is 170 g/mol. The van der Waals surface area contributed by atoms with Crippen LogP contribution >= 0.6 is 0 Å². The number of rotatable bonds is 2. The van der Waals surface area contributed by atoms with E-state index >= 15 is 0 Å². The van der Waals surface area contributed by atoms with Gasteiger partial charge in [0.1, 0.15) is 0 Å². The van der Waals surface area contributed by atoms with Crippen molar-refractivity contribution in [2.75, 3.05) is 26.8 Å². The fourth-order valence-electron chi connectivity index (χ4n) is 1.45. The zero-order valence-corrected chi connectivity index (χ0v) is 7.97. The molecule has 3 heteroatoms. The number of hydrogen-bond donors (Lipinski definition) is 1. The van der Waals surface area contributed by atoms with Crippen LogP contribution in [0.3, 0.4) is 0 Å². The van der Waals surface area contributed by atoms with Crippen LogP contribution in [0.25, 0.3) is 0 Å². The lowest BCUT2D eigenvalue weighted by molar-refractivity contribution is 0.0611. The van der Waals surface area contributed by atoms with Crippen molar-refractivity contribution < 1.29 is 4.74 Å². The van der Waals surface area contributed by atoms with E-state index in [2.05, 4.69) is 0 Å². The molecular formula is C9H18N2O. The molecule has 0 aliphatic carbocycles. The highest BCUT2D eigenvalue weighted by Crippen LogP contribution is 2.15. The summed E-state index contributed by atoms with van der Waals surface area (Å²) in [5.74, 6) is 1.38. The summed E-state index contributed by atoms with van der Waals surface area (Å²) >= 11 is 0. The Hall–Kier alpha value is -0.570. The van der Waals surface area contributed by atoms with Gasteiger partial charge in [-0.25, -0.2) is 0 Å². The largest absolute Gasteiger partial charge is 0.381 e. The quantitative estimate of drug-likeness (QED) is 0.501. The fraction of sp³-hybridized carbons (Fsp3) is 0.889. The summed E-state index contributed by atoms with van der Waals surface area (Å²) in [5.41, 5.74) is 0. The van der Waals surface area contributed by atoms with E-state index in [-0.39, 0.29) is 0 Å². The van der Waals surface area contributed by atoms with E-state index in [0.29, 0.717) is 5.84 Å². The van der Waals surface area contributed by atoms with E-state index in [1.54, 1.807) is 0 Å². The van der Waals surface area contributed by atoms with E-state index in [1.165, 1.54) is 0 Å². The summed E-state index contributed by atoms with van der Waals surface area (Å²) in [6, 6.07) is 0. The van der Waals surface area contributed by atoms with Gasteiger partial charge in [0.15, 0.2) is 0 Å². The smallest absolute Gasteiger partial charge is 0.0923 e. The predicted molar refractivity (Wildman–Crippen MR) is 49.6 cm³/mol. The number of hydrogen-bond acceptors (Lipinski definition) is 2. The van der Waals surface area contributed by atoms with Gasteiger partial charge in [-0.3, -0.25) is 5.41 Å².